The van der Waals surface area contributed by atoms with E-state index in [1.807, 2.05) is 0 Å². The van der Waals surface area contributed by atoms with Crippen LogP contribution in [0.1, 0.15) is 68.9 Å². The van der Waals surface area contributed by atoms with Crippen LogP contribution in [0.15, 0.2) is 6.07 Å². The molecule has 1 amide bonds. The molecule has 0 aliphatic heterocycles. The van der Waals surface area contributed by atoms with E-state index >= 15 is 0 Å². The summed E-state index contributed by atoms with van der Waals surface area (Å²) in [7, 11) is 1.29. The Hall–Kier alpha value is -2.66. The number of hydrogen-bond acceptors (Lipinski definition) is 7. The van der Waals surface area contributed by atoms with Crippen LogP contribution in [-0.2, 0) is 23.8 Å². The molecule has 188 valence electrons. The number of thiophene rings is 2. The number of carbonyl (C=O) groups is 2. The minimum atomic E-state index is -4.61. The average Bonchev–Trinajstić information content (AvgIpc) is 3.28. The van der Waals surface area contributed by atoms with Crippen molar-refractivity contribution in [3.8, 4) is 0 Å². The molecule has 0 radical (unpaired) electrons. The molecule has 1 atom stereocenters. The molecular weight excluding hydrogens is 499 g/mol. The van der Waals surface area contributed by atoms with Crippen molar-refractivity contribution in [1.82, 2.24) is 4.98 Å². The highest BCUT2D eigenvalue weighted by atomic mass is 32.1. The van der Waals surface area contributed by atoms with Gasteiger partial charge in [-0.1, -0.05) is 20.8 Å². The number of amides is 1. The molecule has 0 saturated carbocycles. The average molecular weight is 526 g/mol. The van der Waals surface area contributed by atoms with Crippen molar-refractivity contribution in [3.63, 3.8) is 0 Å². The van der Waals surface area contributed by atoms with Gasteiger partial charge in [0.15, 0.2) is 0 Å². The Balaban J connectivity index is 1.72. The first-order chi connectivity index (χ1) is 16.2. The Bertz CT molecular complexity index is 1340. The van der Waals surface area contributed by atoms with Crippen molar-refractivity contribution in [2.24, 2.45) is 11.3 Å². The zero-order valence-corrected chi connectivity index (χ0v) is 21.6. The van der Waals surface area contributed by atoms with Gasteiger partial charge in [-0.2, -0.15) is 13.2 Å². The van der Waals surface area contributed by atoms with Gasteiger partial charge >= 0.3 is 12.1 Å². The molecule has 3 N–H and O–H groups in total. The molecule has 0 bridgehead atoms. The van der Waals surface area contributed by atoms with Crippen molar-refractivity contribution in [1.29, 1.82) is 0 Å². The number of aryl methyl sites for hydroxylation is 1. The fourth-order valence-corrected chi connectivity index (χ4v) is 6.89. The summed E-state index contributed by atoms with van der Waals surface area (Å²) in [6.07, 6.45) is -2.21. The lowest BCUT2D eigenvalue weighted by Crippen LogP contribution is -2.26. The second kappa shape index (κ2) is 8.77. The van der Waals surface area contributed by atoms with Crippen molar-refractivity contribution in [2.75, 3.05) is 18.2 Å². The number of nitrogens with one attached hydrogen (secondary N) is 1. The van der Waals surface area contributed by atoms with Gasteiger partial charge in [-0.05, 0) is 54.7 Å². The summed E-state index contributed by atoms with van der Waals surface area (Å²) in [5.41, 5.74) is 6.81. The topological polar surface area (TPSA) is 94.3 Å². The molecule has 0 aromatic carbocycles. The fourth-order valence-electron chi connectivity index (χ4n) is 4.52. The number of nitrogen functional groups attached to an aromatic ring is 1. The van der Waals surface area contributed by atoms with E-state index in [1.54, 1.807) is 0 Å². The van der Waals surface area contributed by atoms with E-state index in [1.165, 1.54) is 25.4 Å². The fraction of sp³-hybridized carbons (Fsp3) is 0.458. The first-order valence-electron chi connectivity index (χ1n) is 11.0. The summed E-state index contributed by atoms with van der Waals surface area (Å²) in [6, 6.07) is 0.918. The molecule has 3 aromatic rings. The first-order valence-corrected chi connectivity index (χ1v) is 12.7. The number of rotatable bonds is 3. The van der Waals surface area contributed by atoms with E-state index in [0.717, 1.165) is 40.7 Å². The van der Waals surface area contributed by atoms with Crippen LogP contribution in [-0.4, -0.2) is 24.0 Å². The highest BCUT2D eigenvalue weighted by Crippen LogP contribution is 2.45. The summed E-state index contributed by atoms with van der Waals surface area (Å²) in [6.45, 7) is 8.05. The number of hydrogen-bond donors (Lipinski definition) is 2. The van der Waals surface area contributed by atoms with Gasteiger partial charge in [-0.15, -0.1) is 22.7 Å². The number of alkyl halides is 3. The molecule has 11 heteroatoms. The van der Waals surface area contributed by atoms with E-state index < -0.39 is 23.7 Å². The van der Waals surface area contributed by atoms with E-state index in [-0.39, 0.29) is 26.4 Å². The van der Waals surface area contributed by atoms with Crippen LogP contribution in [0, 0.1) is 18.3 Å². The highest BCUT2D eigenvalue weighted by molar-refractivity contribution is 7.21. The lowest BCUT2D eigenvalue weighted by atomic mass is 9.72. The van der Waals surface area contributed by atoms with Crippen molar-refractivity contribution in [3.05, 3.63) is 38.2 Å². The molecule has 3 heterocycles. The molecule has 0 spiro atoms. The zero-order valence-electron chi connectivity index (χ0n) is 20.0. The molecule has 0 saturated heterocycles. The van der Waals surface area contributed by atoms with Gasteiger partial charge < -0.3 is 15.8 Å². The predicted octanol–water partition coefficient (Wildman–Crippen LogP) is 6.46. The second-order valence-electron chi connectivity index (χ2n) is 9.81. The van der Waals surface area contributed by atoms with Gasteiger partial charge in [-0.3, -0.25) is 4.79 Å². The summed E-state index contributed by atoms with van der Waals surface area (Å²) < 4.78 is 44.6. The van der Waals surface area contributed by atoms with Gasteiger partial charge in [0.1, 0.15) is 20.4 Å². The molecule has 0 unspecified atom stereocenters. The third-order valence-corrected chi connectivity index (χ3v) is 8.77. The standard InChI is InChI=1S/C24H26F3N3O3S2/c1-10-8-14(24(25,26)27)29-20-15(10)17(28)18(35-20)19(31)30-21-16(22(32)33-5)12-7-6-11(23(2,3)4)9-13(12)34-21/h8,11H,6-7,9,28H2,1-5H3,(H,30,31)/t11-/m1/s1. The SMILES string of the molecule is COC(=O)c1c(NC(=O)c2sc3nc(C(F)(F)F)cc(C)c3c2N)sc2c1CC[C@@H](C(C)(C)C)C2. The number of fused-ring (bicyclic) bond motifs is 2. The molecule has 1 aliphatic rings. The van der Waals surface area contributed by atoms with E-state index in [2.05, 4.69) is 31.1 Å². The van der Waals surface area contributed by atoms with Crippen molar-refractivity contribution >= 4 is 55.5 Å². The first kappa shape index (κ1) is 25.4. The van der Waals surface area contributed by atoms with Gasteiger partial charge in [0, 0.05) is 10.3 Å². The van der Waals surface area contributed by atoms with Crippen LogP contribution in [0.3, 0.4) is 0 Å². The van der Waals surface area contributed by atoms with Crippen molar-refractivity contribution in [2.45, 2.75) is 53.1 Å². The smallest absolute Gasteiger partial charge is 0.433 e. The monoisotopic (exact) mass is 525 g/mol. The predicted molar refractivity (Wildman–Crippen MR) is 132 cm³/mol. The van der Waals surface area contributed by atoms with E-state index in [4.69, 9.17) is 10.5 Å². The van der Waals surface area contributed by atoms with Crippen LogP contribution in [0.5, 0.6) is 0 Å². The summed E-state index contributed by atoms with van der Waals surface area (Å²) in [4.78, 5) is 30.7. The number of ether oxygens (including phenoxy) is 1. The third-order valence-electron chi connectivity index (χ3n) is 6.50. The number of aromatic nitrogens is 1. The molecular formula is C24H26F3N3O3S2. The summed E-state index contributed by atoms with van der Waals surface area (Å²) in [5.74, 6) is -0.712. The number of carbonyl (C=O) groups excluding carboxylic acids is 2. The maximum absolute atomic E-state index is 13.2. The van der Waals surface area contributed by atoms with Crippen molar-refractivity contribution < 1.29 is 27.5 Å². The Labute approximate surface area is 208 Å². The minimum absolute atomic E-state index is 0.0339. The van der Waals surface area contributed by atoms with Crippen LogP contribution < -0.4 is 11.1 Å². The number of methoxy groups -OCH3 is 1. The van der Waals surface area contributed by atoms with Gasteiger partial charge in [0.25, 0.3) is 5.91 Å². The van der Waals surface area contributed by atoms with Gasteiger partial charge in [0.2, 0.25) is 0 Å². The number of anilines is 2. The molecule has 1 aliphatic carbocycles. The molecule has 6 nitrogen and oxygen atoms in total. The molecule has 4 rings (SSSR count). The van der Waals surface area contributed by atoms with E-state index in [9.17, 15) is 22.8 Å². The third kappa shape index (κ3) is 4.63. The summed E-state index contributed by atoms with van der Waals surface area (Å²) in [5, 5.41) is 3.46. The van der Waals surface area contributed by atoms with Crippen LogP contribution in [0.4, 0.5) is 23.9 Å². The number of halogens is 3. The zero-order chi connectivity index (χ0) is 25.9. The maximum atomic E-state index is 13.2. The Morgan fingerprint density at radius 3 is 2.51 bits per heavy atom. The number of nitrogens with two attached hydrogens (primary N) is 1. The molecule has 0 fully saturated rings. The Morgan fingerprint density at radius 1 is 1.23 bits per heavy atom. The normalized spacial score (nSPS) is 16.3. The van der Waals surface area contributed by atoms with Gasteiger partial charge in [-0.25, -0.2) is 9.78 Å². The Morgan fingerprint density at radius 2 is 1.91 bits per heavy atom. The molecule has 3 aromatic heterocycles. The van der Waals surface area contributed by atoms with Crippen LogP contribution >= 0.6 is 22.7 Å². The van der Waals surface area contributed by atoms with Gasteiger partial charge in [0.05, 0.1) is 18.4 Å². The number of nitrogens with zero attached hydrogens (tertiary/aromatic N) is 1. The van der Waals surface area contributed by atoms with Crippen LogP contribution in [0.2, 0.25) is 0 Å². The second-order valence-corrected chi connectivity index (χ2v) is 11.9. The quantitative estimate of drug-likeness (QED) is 0.383. The highest BCUT2D eigenvalue weighted by Gasteiger charge is 2.36. The Kier molecular flexibility index (Phi) is 6.38. The van der Waals surface area contributed by atoms with Crippen LogP contribution in [0.25, 0.3) is 10.2 Å². The largest absolute Gasteiger partial charge is 0.465 e. The summed E-state index contributed by atoms with van der Waals surface area (Å²) >= 11 is 2.13. The van der Waals surface area contributed by atoms with E-state index in [0.29, 0.717) is 28.3 Å². The number of esters is 1. The minimum Gasteiger partial charge on any atom is -0.465 e. The lowest BCUT2D eigenvalue weighted by molar-refractivity contribution is -0.141. The lowest BCUT2D eigenvalue weighted by Gasteiger charge is -2.33. The maximum Gasteiger partial charge on any atom is 0.433 e. The molecule has 35 heavy (non-hydrogen) atoms. The number of pyridine rings is 1.